The van der Waals surface area contributed by atoms with Crippen LogP contribution >= 0.6 is 11.8 Å². The largest absolute Gasteiger partial charge is 0.423 e. The van der Waals surface area contributed by atoms with Gasteiger partial charge < -0.3 is 4.42 Å². The summed E-state index contributed by atoms with van der Waals surface area (Å²) in [5.41, 5.74) is 0.0501. The Kier molecular flexibility index (Phi) is 4.44. The van der Waals surface area contributed by atoms with Gasteiger partial charge in [0.15, 0.2) is 0 Å². The molecule has 0 bridgehead atoms. The smallest absolute Gasteiger partial charge is 0.416 e. The van der Waals surface area contributed by atoms with Gasteiger partial charge in [-0.1, -0.05) is 36.4 Å². The van der Waals surface area contributed by atoms with Crippen molar-refractivity contribution in [1.82, 2.24) is 0 Å². The van der Waals surface area contributed by atoms with Crippen molar-refractivity contribution in [2.45, 2.75) is 16.8 Å². The number of fused-ring (bicyclic) bond motifs is 3. The second-order valence-electron chi connectivity index (χ2n) is 6.06. The summed E-state index contributed by atoms with van der Waals surface area (Å²) >= 11 is 1.26. The molecule has 1 heterocycles. The maximum Gasteiger partial charge on any atom is 0.416 e. The normalized spacial score (nSPS) is 12.0. The number of halogens is 3. The Bertz CT molecular complexity index is 1200. The van der Waals surface area contributed by atoms with E-state index in [-0.39, 0.29) is 0 Å². The zero-order chi connectivity index (χ0) is 19.0. The van der Waals surface area contributed by atoms with Gasteiger partial charge in [0.2, 0.25) is 0 Å². The lowest BCUT2D eigenvalue weighted by atomic mass is 10.0. The van der Waals surface area contributed by atoms with E-state index in [1.807, 2.05) is 30.3 Å². The first kappa shape index (κ1) is 17.7. The highest BCUT2D eigenvalue weighted by Crippen LogP contribution is 2.34. The molecule has 0 saturated carbocycles. The Balaban J connectivity index is 1.76. The van der Waals surface area contributed by atoms with Gasteiger partial charge in [-0.2, -0.15) is 13.2 Å². The summed E-state index contributed by atoms with van der Waals surface area (Å²) in [6.45, 7) is 0. The topological polar surface area (TPSA) is 30.2 Å². The van der Waals surface area contributed by atoms with Crippen LogP contribution in [0.15, 0.2) is 80.8 Å². The molecule has 0 saturated heterocycles. The third-order valence-electron chi connectivity index (χ3n) is 4.27. The fourth-order valence-electron chi connectivity index (χ4n) is 3.06. The predicted octanol–water partition coefficient (Wildman–Crippen LogP) is 6.26. The molecule has 136 valence electrons. The minimum atomic E-state index is -4.38. The molecule has 0 amide bonds. The summed E-state index contributed by atoms with van der Waals surface area (Å²) in [5.74, 6) is 0.359. The first-order valence-electron chi connectivity index (χ1n) is 8.16. The molecule has 0 fully saturated rings. The van der Waals surface area contributed by atoms with E-state index < -0.39 is 17.4 Å². The molecular weight excluding hydrogens is 373 g/mol. The molecule has 4 rings (SSSR count). The van der Waals surface area contributed by atoms with Crippen molar-refractivity contribution in [2.24, 2.45) is 0 Å². The second-order valence-corrected chi connectivity index (χ2v) is 7.11. The van der Waals surface area contributed by atoms with Gasteiger partial charge in [0.25, 0.3) is 0 Å². The quantitative estimate of drug-likeness (QED) is 0.237. The molecule has 0 N–H and O–H groups in total. The van der Waals surface area contributed by atoms with Crippen LogP contribution in [0.25, 0.3) is 21.7 Å². The number of benzene rings is 3. The van der Waals surface area contributed by atoms with Crippen LogP contribution in [0.1, 0.15) is 11.1 Å². The van der Waals surface area contributed by atoms with Crippen molar-refractivity contribution in [1.29, 1.82) is 0 Å². The van der Waals surface area contributed by atoms with Gasteiger partial charge >= 0.3 is 11.8 Å². The summed E-state index contributed by atoms with van der Waals surface area (Å²) in [4.78, 5) is 12.4. The molecule has 3 aromatic carbocycles. The van der Waals surface area contributed by atoms with Gasteiger partial charge in [-0.15, -0.1) is 11.8 Å². The van der Waals surface area contributed by atoms with Crippen LogP contribution in [0, 0.1) is 0 Å². The Morgan fingerprint density at radius 3 is 2.56 bits per heavy atom. The van der Waals surface area contributed by atoms with Crippen molar-refractivity contribution in [3.8, 4) is 0 Å². The summed E-state index contributed by atoms with van der Waals surface area (Å²) in [7, 11) is 0. The van der Waals surface area contributed by atoms with Gasteiger partial charge in [-0.25, -0.2) is 4.79 Å². The van der Waals surface area contributed by atoms with Crippen molar-refractivity contribution in [2.75, 3.05) is 0 Å². The molecule has 0 aliphatic rings. The number of hydrogen-bond acceptors (Lipinski definition) is 3. The van der Waals surface area contributed by atoms with Crippen molar-refractivity contribution in [3.05, 3.63) is 88.3 Å². The summed E-state index contributed by atoms with van der Waals surface area (Å²) in [6, 6.07) is 17.9. The van der Waals surface area contributed by atoms with Gasteiger partial charge in [0, 0.05) is 22.1 Å². The minimum absolute atomic E-state index is 0.359. The molecule has 6 heteroatoms. The molecule has 0 unspecified atom stereocenters. The lowest BCUT2D eigenvalue weighted by molar-refractivity contribution is -0.137. The summed E-state index contributed by atoms with van der Waals surface area (Å²) in [5, 5.41) is 2.76. The molecular formula is C21H13F3O2S. The number of thioether (sulfide) groups is 1. The fraction of sp³-hybridized carbons (Fsp3) is 0.0952. The molecule has 0 aliphatic carbocycles. The second kappa shape index (κ2) is 6.78. The van der Waals surface area contributed by atoms with Gasteiger partial charge in [-0.3, -0.25) is 0 Å². The molecule has 2 nitrogen and oxygen atoms in total. The Hall–Kier alpha value is -2.73. The van der Waals surface area contributed by atoms with Crippen LogP contribution in [-0.2, 0) is 11.9 Å². The molecule has 4 aromatic rings. The highest BCUT2D eigenvalue weighted by molar-refractivity contribution is 7.98. The van der Waals surface area contributed by atoms with Crippen molar-refractivity contribution >= 4 is 33.5 Å². The maximum atomic E-state index is 12.9. The van der Waals surface area contributed by atoms with Crippen molar-refractivity contribution in [3.63, 3.8) is 0 Å². The standard InChI is InChI=1S/C21H13F3O2S/c22-21(23,24)15-5-3-6-16(11-15)27-12-14-10-19(25)26-18-9-8-13-4-1-2-7-17(13)20(14)18/h1-11H,12H2. The minimum Gasteiger partial charge on any atom is -0.423 e. The van der Waals surface area contributed by atoms with Gasteiger partial charge in [0.05, 0.1) is 5.56 Å². The first-order chi connectivity index (χ1) is 12.9. The SMILES string of the molecule is O=c1cc(CSc2cccc(C(F)(F)F)c2)c2c(ccc3ccccc32)o1. The number of hydrogen-bond donors (Lipinski definition) is 0. The fourth-order valence-corrected chi connectivity index (χ4v) is 3.99. The average Bonchev–Trinajstić information content (AvgIpc) is 2.65. The van der Waals surface area contributed by atoms with E-state index in [1.54, 1.807) is 12.1 Å². The average molecular weight is 386 g/mol. The summed E-state index contributed by atoms with van der Waals surface area (Å²) in [6.07, 6.45) is -4.38. The zero-order valence-corrected chi connectivity index (χ0v) is 14.7. The maximum absolute atomic E-state index is 12.9. The Morgan fingerprint density at radius 1 is 0.926 bits per heavy atom. The summed E-state index contributed by atoms with van der Waals surface area (Å²) < 4.78 is 44.0. The Labute approximate surface area is 156 Å². The van der Waals surface area contributed by atoms with Crippen molar-refractivity contribution < 1.29 is 17.6 Å². The van der Waals surface area contributed by atoms with Gasteiger partial charge in [0.1, 0.15) is 5.58 Å². The zero-order valence-electron chi connectivity index (χ0n) is 13.9. The van der Waals surface area contributed by atoms with Crippen LogP contribution in [0.3, 0.4) is 0 Å². The molecule has 0 aliphatic heterocycles. The van der Waals surface area contributed by atoms with Gasteiger partial charge in [-0.05, 0) is 40.6 Å². The van der Waals surface area contributed by atoms with E-state index in [1.165, 1.54) is 23.9 Å². The van der Waals surface area contributed by atoms with Crippen LogP contribution in [0.5, 0.6) is 0 Å². The van der Waals surface area contributed by atoms with E-state index in [2.05, 4.69) is 0 Å². The monoisotopic (exact) mass is 386 g/mol. The van der Waals surface area contributed by atoms with Crippen LogP contribution in [-0.4, -0.2) is 0 Å². The van der Waals surface area contributed by atoms with Crippen LogP contribution in [0.2, 0.25) is 0 Å². The van der Waals surface area contributed by atoms with Crippen LogP contribution in [0.4, 0.5) is 13.2 Å². The highest BCUT2D eigenvalue weighted by atomic mass is 32.2. The lowest BCUT2D eigenvalue weighted by Crippen LogP contribution is -2.04. The number of alkyl halides is 3. The predicted molar refractivity (Wildman–Crippen MR) is 101 cm³/mol. The molecule has 1 aromatic heterocycles. The van der Waals surface area contributed by atoms with E-state index >= 15 is 0 Å². The third kappa shape index (κ3) is 3.57. The number of rotatable bonds is 3. The molecule has 0 radical (unpaired) electrons. The molecule has 0 atom stereocenters. The van der Waals surface area contributed by atoms with E-state index in [0.717, 1.165) is 33.9 Å². The van der Waals surface area contributed by atoms with E-state index in [9.17, 15) is 18.0 Å². The van der Waals surface area contributed by atoms with E-state index in [0.29, 0.717) is 16.2 Å². The van der Waals surface area contributed by atoms with E-state index in [4.69, 9.17) is 4.42 Å². The van der Waals surface area contributed by atoms with Crippen LogP contribution < -0.4 is 5.63 Å². The highest BCUT2D eigenvalue weighted by Gasteiger charge is 2.30. The lowest BCUT2D eigenvalue weighted by Gasteiger charge is -2.10. The molecule has 27 heavy (non-hydrogen) atoms. The first-order valence-corrected chi connectivity index (χ1v) is 9.15. The Morgan fingerprint density at radius 2 is 1.74 bits per heavy atom. The molecule has 0 spiro atoms. The third-order valence-corrected chi connectivity index (χ3v) is 5.31.